The van der Waals surface area contributed by atoms with E-state index >= 15 is 0 Å². The molecule has 0 radical (unpaired) electrons. The van der Waals surface area contributed by atoms with Crippen LogP contribution >= 0.6 is 0 Å². The van der Waals surface area contributed by atoms with Gasteiger partial charge in [0.2, 0.25) is 0 Å². The zero-order chi connectivity index (χ0) is 21.4. The monoisotopic (exact) mass is 436 g/mol. The fourth-order valence-electron chi connectivity index (χ4n) is 1.43. The number of rotatable bonds is 15. The van der Waals surface area contributed by atoms with Crippen LogP contribution in [-0.2, 0) is 21.7 Å². The summed E-state index contributed by atoms with van der Waals surface area (Å²) in [5.41, 5.74) is 15.8. The third-order valence-corrected chi connectivity index (χ3v) is 2.73. The smallest absolute Gasteiger partial charge is 0.342 e. The van der Waals surface area contributed by atoms with Crippen LogP contribution in [0.5, 0.6) is 0 Å². The van der Waals surface area contributed by atoms with Gasteiger partial charge in [-0.25, -0.2) is 0 Å². The van der Waals surface area contributed by atoms with Gasteiger partial charge in [0.15, 0.2) is 0 Å². The van der Waals surface area contributed by atoms with Crippen molar-refractivity contribution in [2.75, 3.05) is 58.9 Å². The molecule has 0 atom stereocenters. The topological polar surface area (TPSA) is 114 Å². The first-order valence-corrected chi connectivity index (χ1v) is 10.5. The molecule has 0 saturated heterocycles. The van der Waals surface area contributed by atoms with E-state index in [1.807, 2.05) is 20.3 Å². The van der Waals surface area contributed by atoms with E-state index in [1.165, 1.54) is 0 Å². The molecule has 0 aromatic heterocycles. The second-order valence-electron chi connectivity index (χ2n) is 5.81. The van der Waals surface area contributed by atoms with E-state index < -0.39 is 0 Å². The second kappa shape index (κ2) is 50.8. The van der Waals surface area contributed by atoms with Crippen LogP contribution in [0.25, 0.3) is 0 Å². The van der Waals surface area contributed by atoms with Crippen LogP contribution in [0.3, 0.4) is 0 Å². The van der Waals surface area contributed by atoms with Crippen molar-refractivity contribution in [3.8, 4) is 0 Å². The summed E-state index contributed by atoms with van der Waals surface area (Å²) in [5, 5.41) is 9.58. The predicted octanol–water partition coefficient (Wildman–Crippen LogP) is 1.67. The molecule has 0 aliphatic carbocycles. The molecule has 0 amide bonds. The van der Waals surface area contributed by atoms with Gasteiger partial charge in [0, 0.05) is 0 Å². The quantitative estimate of drug-likeness (QED) is 0.132. The van der Waals surface area contributed by atoms with E-state index in [-0.39, 0.29) is 21.7 Å². The maximum absolute atomic E-state index is 5.26. The Labute approximate surface area is 193 Å². The van der Waals surface area contributed by atoms with E-state index in [4.69, 9.17) is 17.2 Å². The molecule has 0 unspecified atom stereocenters. The van der Waals surface area contributed by atoms with Crippen LogP contribution in [-0.4, -0.2) is 58.9 Å². The van der Waals surface area contributed by atoms with Crippen LogP contribution in [0.4, 0.5) is 0 Å². The van der Waals surface area contributed by atoms with Crippen molar-refractivity contribution in [1.82, 2.24) is 16.0 Å². The third kappa shape index (κ3) is 71.7. The molecule has 0 heterocycles. The summed E-state index contributed by atoms with van der Waals surface area (Å²) in [6, 6.07) is 0. The predicted molar refractivity (Wildman–Crippen MR) is 125 cm³/mol. The van der Waals surface area contributed by atoms with Gasteiger partial charge in [-0.1, -0.05) is 0 Å². The van der Waals surface area contributed by atoms with Crippen molar-refractivity contribution in [3.63, 3.8) is 0 Å². The molecule has 0 bridgehead atoms. The van der Waals surface area contributed by atoms with E-state index in [0.717, 1.165) is 97.4 Å². The summed E-state index contributed by atoms with van der Waals surface area (Å²) < 4.78 is 0. The fourth-order valence-corrected chi connectivity index (χ4v) is 1.43. The Hall–Kier alpha value is 0.474. The van der Waals surface area contributed by atoms with Crippen LogP contribution in [0.1, 0.15) is 52.4 Å². The Bertz CT molecular complexity index is 142. The first kappa shape index (κ1) is 39.0. The van der Waals surface area contributed by atoms with Crippen molar-refractivity contribution in [2.45, 2.75) is 52.4 Å². The van der Waals surface area contributed by atoms with Gasteiger partial charge < -0.3 is 60.3 Å². The number of nitrogens with one attached hydrogen (secondary N) is 3. The molecule has 0 spiro atoms. The van der Waals surface area contributed by atoms with Crippen LogP contribution in [0, 0.1) is 27.2 Å². The second-order valence-corrected chi connectivity index (χ2v) is 5.81. The third-order valence-electron chi connectivity index (χ3n) is 2.73. The maximum atomic E-state index is 5.26. The molecular weight excluding hydrogens is 384 g/mol. The molecule has 0 aliphatic rings. The van der Waals surface area contributed by atoms with Gasteiger partial charge in [-0.2, -0.15) is 33.1 Å². The number of nitrogens with two attached hydrogens (primary N) is 3. The normalized spacial score (nSPS) is 9.00. The summed E-state index contributed by atoms with van der Waals surface area (Å²) in [6.07, 6.45) is 8.10. The molecule has 7 heteroatoms. The molecule has 170 valence electrons. The molecule has 0 saturated carbocycles. The molecular formula is C21H52N6Ti. The van der Waals surface area contributed by atoms with E-state index in [9.17, 15) is 0 Å². The van der Waals surface area contributed by atoms with Gasteiger partial charge in [0.25, 0.3) is 0 Å². The molecule has 0 fully saturated rings. The summed E-state index contributed by atoms with van der Waals surface area (Å²) in [4.78, 5) is 0. The molecule has 0 aromatic rings. The molecule has 0 aliphatic heterocycles. The first-order valence-electron chi connectivity index (χ1n) is 10.5. The Morgan fingerprint density at radius 2 is 0.786 bits per heavy atom. The van der Waals surface area contributed by atoms with Gasteiger partial charge in [0.1, 0.15) is 0 Å². The molecule has 6 nitrogen and oxygen atoms in total. The van der Waals surface area contributed by atoms with E-state index in [2.05, 4.69) is 36.7 Å². The molecule has 28 heavy (non-hydrogen) atoms. The Morgan fingerprint density at radius 3 is 0.929 bits per heavy atom. The summed E-state index contributed by atoms with van der Waals surface area (Å²) in [5.74, 6) is 0. The van der Waals surface area contributed by atoms with Crippen molar-refractivity contribution in [1.29, 1.82) is 0 Å². The Kier molecular flexibility index (Phi) is 70.7. The van der Waals surface area contributed by atoms with E-state index in [0.29, 0.717) is 0 Å². The first-order chi connectivity index (χ1) is 13.2. The minimum atomic E-state index is 0. The van der Waals surface area contributed by atoms with Gasteiger partial charge in [-0.05, 0) is 78.2 Å². The van der Waals surface area contributed by atoms with Crippen molar-refractivity contribution in [3.05, 3.63) is 27.2 Å². The van der Waals surface area contributed by atoms with Crippen molar-refractivity contribution < 1.29 is 21.7 Å². The van der Waals surface area contributed by atoms with Gasteiger partial charge in [0.05, 0.1) is 0 Å². The average Bonchev–Trinajstić information content (AvgIpc) is 2.68. The minimum absolute atomic E-state index is 0. The number of hydrogen-bond acceptors (Lipinski definition) is 6. The Morgan fingerprint density at radius 1 is 0.571 bits per heavy atom. The summed E-state index contributed by atoms with van der Waals surface area (Å²) in [6.45, 7) is 23.6. The minimum Gasteiger partial charge on any atom is -0.342 e. The summed E-state index contributed by atoms with van der Waals surface area (Å²) in [7, 11) is 0. The van der Waals surface area contributed by atoms with Crippen molar-refractivity contribution >= 4 is 0 Å². The average molecular weight is 437 g/mol. The zero-order valence-corrected chi connectivity index (χ0v) is 20.6. The van der Waals surface area contributed by atoms with Crippen LogP contribution < -0.4 is 33.2 Å². The molecule has 9 N–H and O–H groups in total. The molecule has 0 rings (SSSR count). The summed E-state index contributed by atoms with van der Waals surface area (Å²) >= 11 is 0. The van der Waals surface area contributed by atoms with Gasteiger partial charge in [-0.3, -0.25) is 0 Å². The standard InChI is InChI=1S/3C6H15N2.C3H7.Ti/c3*1-2-5-8-6-3-4-7;1-3-2;/h3*8H,1-7H2;3H,1-2H3;/q4*-1;+4. The van der Waals surface area contributed by atoms with E-state index in [1.54, 1.807) is 0 Å². The van der Waals surface area contributed by atoms with Gasteiger partial charge >= 0.3 is 21.7 Å². The van der Waals surface area contributed by atoms with Crippen LogP contribution in [0.2, 0.25) is 0 Å². The number of hydrogen-bond donors (Lipinski definition) is 6. The van der Waals surface area contributed by atoms with Gasteiger partial charge in [-0.15, -0.1) is 0 Å². The van der Waals surface area contributed by atoms with Crippen molar-refractivity contribution in [2.24, 2.45) is 17.2 Å². The zero-order valence-electron chi connectivity index (χ0n) is 19.0. The maximum Gasteiger partial charge on any atom is 4.00 e. The largest absolute Gasteiger partial charge is 4.00 e. The molecule has 0 aromatic carbocycles. The SMILES string of the molecule is C[CH-]C.[CH2-]CCNCCCN.[CH2-]CCNCCCN.[CH2-]CCNCCCN.[Ti+4]. The van der Waals surface area contributed by atoms with Crippen LogP contribution in [0.15, 0.2) is 0 Å². The fraction of sp³-hybridized carbons (Fsp3) is 0.810. The Balaban J connectivity index is -0.0000000866.